The van der Waals surface area contributed by atoms with Crippen LogP contribution >= 0.6 is 11.6 Å². The molecule has 0 saturated carbocycles. The minimum Gasteiger partial charge on any atom is -0.495 e. The first-order chi connectivity index (χ1) is 11.0. The smallest absolute Gasteiger partial charge is 0.243 e. The Morgan fingerprint density at radius 2 is 2.04 bits per heavy atom. The Labute approximate surface area is 142 Å². The van der Waals surface area contributed by atoms with E-state index in [1.165, 1.54) is 11.4 Å². The SMILES string of the molecule is COc1ccc(S(=O)(=O)N2CCCCC2)cc1NCC(O)CCl. The van der Waals surface area contributed by atoms with E-state index in [4.69, 9.17) is 16.3 Å². The Kier molecular flexibility index (Phi) is 6.52. The number of anilines is 1. The van der Waals surface area contributed by atoms with Crippen LogP contribution in [0.5, 0.6) is 5.75 Å². The molecule has 1 unspecified atom stereocenters. The second kappa shape index (κ2) is 8.19. The molecule has 2 N–H and O–H groups in total. The zero-order valence-corrected chi connectivity index (χ0v) is 14.7. The minimum atomic E-state index is -3.50. The van der Waals surface area contributed by atoms with Crippen molar-refractivity contribution in [3.8, 4) is 5.75 Å². The van der Waals surface area contributed by atoms with Gasteiger partial charge in [0.05, 0.1) is 29.7 Å². The van der Waals surface area contributed by atoms with Crippen LogP contribution < -0.4 is 10.1 Å². The van der Waals surface area contributed by atoms with E-state index in [9.17, 15) is 13.5 Å². The van der Waals surface area contributed by atoms with E-state index in [1.54, 1.807) is 18.2 Å². The summed E-state index contributed by atoms with van der Waals surface area (Å²) < 4.78 is 32.2. The quantitative estimate of drug-likeness (QED) is 0.724. The Morgan fingerprint density at radius 3 is 2.65 bits per heavy atom. The molecule has 1 atom stereocenters. The summed E-state index contributed by atoms with van der Waals surface area (Å²) in [6.07, 6.45) is 2.13. The molecule has 0 amide bonds. The molecule has 0 aliphatic carbocycles. The van der Waals surface area contributed by atoms with E-state index < -0.39 is 16.1 Å². The van der Waals surface area contributed by atoms with E-state index >= 15 is 0 Å². The molecule has 0 spiro atoms. The van der Waals surface area contributed by atoms with E-state index in [0.717, 1.165) is 19.3 Å². The van der Waals surface area contributed by atoms with Gasteiger partial charge in [-0.05, 0) is 31.0 Å². The predicted molar refractivity (Wildman–Crippen MR) is 90.8 cm³/mol. The lowest BCUT2D eigenvalue weighted by atomic mass is 10.2. The number of ether oxygens (including phenoxy) is 1. The molecule has 1 fully saturated rings. The summed E-state index contributed by atoms with van der Waals surface area (Å²) in [5.74, 6) is 0.616. The lowest BCUT2D eigenvalue weighted by Gasteiger charge is -2.26. The summed E-state index contributed by atoms with van der Waals surface area (Å²) >= 11 is 5.57. The van der Waals surface area contributed by atoms with Gasteiger partial charge in [-0.3, -0.25) is 0 Å². The van der Waals surface area contributed by atoms with Crippen molar-refractivity contribution in [3.05, 3.63) is 18.2 Å². The molecule has 1 heterocycles. The maximum absolute atomic E-state index is 12.7. The molecule has 1 aromatic rings. The van der Waals surface area contributed by atoms with Gasteiger partial charge in [-0.25, -0.2) is 8.42 Å². The zero-order valence-electron chi connectivity index (χ0n) is 13.2. The largest absolute Gasteiger partial charge is 0.495 e. The molecule has 0 radical (unpaired) electrons. The van der Waals surface area contributed by atoms with Crippen molar-refractivity contribution >= 4 is 27.3 Å². The number of aliphatic hydroxyl groups is 1. The fourth-order valence-corrected chi connectivity index (χ4v) is 4.18. The number of hydrogen-bond donors (Lipinski definition) is 2. The first-order valence-electron chi connectivity index (χ1n) is 7.65. The van der Waals surface area contributed by atoms with Crippen molar-refractivity contribution in [2.24, 2.45) is 0 Å². The number of methoxy groups -OCH3 is 1. The van der Waals surface area contributed by atoms with Crippen molar-refractivity contribution < 1.29 is 18.3 Å². The summed E-state index contributed by atoms with van der Waals surface area (Å²) in [7, 11) is -1.99. The normalized spacial score (nSPS) is 17.7. The van der Waals surface area contributed by atoms with Gasteiger partial charge in [-0.15, -0.1) is 11.6 Å². The van der Waals surface area contributed by atoms with Gasteiger partial charge in [0.25, 0.3) is 0 Å². The van der Waals surface area contributed by atoms with Crippen LogP contribution in [0.4, 0.5) is 5.69 Å². The Morgan fingerprint density at radius 1 is 1.35 bits per heavy atom. The lowest BCUT2D eigenvalue weighted by molar-refractivity contribution is 0.211. The molecule has 6 nitrogen and oxygen atoms in total. The first kappa shape index (κ1) is 18.3. The molecule has 1 aliphatic rings. The number of halogens is 1. The summed E-state index contributed by atoms with van der Waals surface area (Å²) in [4.78, 5) is 0.225. The van der Waals surface area contributed by atoms with Crippen LogP contribution in [-0.4, -0.2) is 56.6 Å². The highest BCUT2D eigenvalue weighted by Gasteiger charge is 2.26. The molecule has 1 aliphatic heterocycles. The molecular weight excluding hydrogens is 340 g/mol. The van der Waals surface area contributed by atoms with Crippen LogP contribution in [0.3, 0.4) is 0 Å². The maximum atomic E-state index is 12.7. The Hall–Kier alpha value is -1.02. The molecule has 1 aromatic carbocycles. The van der Waals surface area contributed by atoms with E-state index in [-0.39, 0.29) is 17.3 Å². The van der Waals surface area contributed by atoms with Crippen molar-refractivity contribution in [3.63, 3.8) is 0 Å². The van der Waals surface area contributed by atoms with Crippen LogP contribution in [0.25, 0.3) is 0 Å². The van der Waals surface area contributed by atoms with Gasteiger partial charge in [-0.2, -0.15) is 4.31 Å². The van der Waals surface area contributed by atoms with E-state index in [0.29, 0.717) is 24.5 Å². The predicted octanol–water partition coefficient (Wildman–Crippen LogP) is 1.88. The molecule has 2 rings (SSSR count). The highest BCUT2D eigenvalue weighted by atomic mass is 35.5. The lowest BCUT2D eigenvalue weighted by Crippen LogP contribution is -2.35. The third-order valence-corrected chi connectivity index (χ3v) is 6.08. The van der Waals surface area contributed by atoms with Crippen molar-refractivity contribution in [1.82, 2.24) is 4.31 Å². The van der Waals surface area contributed by atoms with E-state index in [2.05, 4.69) is 5.32 Å². The van der Waals surface area contributed by atoms with Gasteiger partial charge in [0.15, 0.2) is 0 Å². The van der Waals surface area contributed by atoms with Crippen LogP contribution in [0.1, 0.15) is 19.3 Å². The first-order valence-corrected chi connectivity index (χ1v) is 9.62. The van der Waals surface area contributed by atoms with Gasteiger partial charge in [-0.1, -0.05) is 6.42 Å². The molecule has 0 aromatic heterocycles. The zero-order chi connectivity index (χ0) is 16.9. The number of alkyl halides is 1. The third kappa shape index (κ3) is 4.50. The second-order valence-electron chi connectivity index (χ2n) is 5.52. The molecule has 130 valence electrons. The Bertz CT molecular complexity index is 618. The summed E-state index contributed by atoms with van der Waals surface area (Å²) in [6, 6.07) is 4.71. The summed E-state index contributed by atoms with van der Waals surface area (Å²) in [5.41, 5.74) is 0.523. The average Bonchev–Trinajstić information content (AvgIpc) is 2.60. The average molecular weight is 363 g/mol. The second-order valence-corrected chi connectivity index (χ2v) is 7.76. The highest BCUT2D eigenvalue weighted by Crippen LogP contribution is 2.29. The maximum Gasteiger partial charge on any atom is 0.243 e. The summed E-state index contributed by atoms with van der Waals surface area (Å²) in [5, 5.41) is 12.5. The van der Waals surface area contributed by atoms with Crippen LogP contribution in [0, 0.1) is 0 Å². The van der Waals surface area contributed by atoms with Crippen molar-refractivity contribution in [1.29, 1.82) is 0 Å². The van der Waals surface area contributed by atoms with Crippen LogP contribution in [0.15, 0.2) is 23.1 Å². The van der Waals surface area contributed by atoms with Crippen molar-refractivity contribution in [2.45, 2.75) is 30.3 Å². The fraction of sp³-hybridized carbons (Fsp3) is 0.600. The molecule has 8 heteroatoms. The highest BCUT2D eigenvalue weighted by molar-refractivity contribution is 7.89. The standard InChI is InChI=1S/C15H23ClN2O4S/c1-22-15-6-5-13(9-14(15)17-11-12(19)10-16)23(20,21)18-7-3-2-4-8-18/h5-6,9,12,17,19H,2-4,7-8,10-11H2,1H3. The van der Waals surface area contributed by atoms with Gasteiger partial charge >= 0.3 is 0 Å². The number of nitrogens with zero attached hydrogens (tertiary/aromatic N) is 1. The van der Waals surface area contributed by atoms with Gasteiger partial charge < -0.3 is 15.2 Å². The van der Waals surface area contributed by atoms with Crippen LogP contribution in [0.2, 0.25) is 0 Å². The minimum absolute atomic E-state index is 0.0983. The number of hydrogen-bond acceptors (Lipinski definition) is 5. The molecule has 1 saturated heterocycles. The number of sulfonamides is 1. The fourth-order valence-electron chi connectivity index (χ4n) is 2.52. The van der Waals surface area contributed by atoms with Crippen LogP contribution in [-0.2, 0) is 10.0 Å². The number of rotatable bonds is 7. The summed E-state index contributed by atoms with van der Waals surface area (Å²) in [6.45, 7) is 1.33. The number of aliphatic hydroxyl groups excluding tert-OH is 1. The number of nitrogens with one attached hydrogen (secondary N) is 1. The Balaban J connectivity index is 2.25. The molecule has 0 bridgehead atoms. The van der Waals surface area contributed by atoms with Gasteiger partial charge in [0, 0.05) is 19.6 Å². The molecular formula is C15H23ClN2O4S. The van der Waals surface area contributed by atoms with Gasteiger partial charge in [0.2, 0.25) is 10.0 Å². The van der Waals surface area contributed by atoms with Gasteiger partial charge in [0.1, 0.15) is 5.75 Å². The third-order valence-electron chi connectivity index (χ3n) is 3.83. The van der Waals surface area contributed by atoms with Crippen molar-refractivity contribution in [2.75, 3.05) is 37.9 Å². The number of piperidine rings is 1. The number of benzene rings is 1. The monoisotopic (exact) mass is 362 g/mol. The van der Waals surface area contributed by atoms with E-state index in [1.807, 2.05) is 0 Å². The molecule has 23 heavy (non-hydrogen) atoms. The topological polar surface area (TPSA) is 78.9 Å².